The van der Waals surface area contributed by atoms with Crippen LogP contribution < -0.4 is 5.56 Å². The van der Waals surface area contributed by atoms with Gasteiger partial charge in [-0.05, 0) is 57.6 Å². The van der Waals surface area contributed by atoms with Crippen molar-refractivity contribution in [1.82, 2.24) is 14.5 Å². The summed E-state index contributed by atoms with van der Waals surface area (Å²) >= 11 is 0. The molecule has 1 saturated carbocycles. The predicted molar refractivity (Wildman–Crippen MR) is 139 cm³/mol. The number of carboxylic acids is 1. The molecule has 194 valence electrons. The Balaban J connectivity index is 1.54. The van der Waals surface area contributed by atoms with Crippen LogP contribution in [0.15, 0.2) is 34.2 Å². The highest BCUT2D eigenvalue weighted by Gasteiger charge is 2.42. The summed E-state index contributed by atoms with van der Waals surface area (Å²) in [6.07, 6.45) is 12.2. The van der Waals surface area contributed by atoms with E-state index < -0.39 is 5.97 Å². The number of nitrogens with zero attached hydrogens (tertiary/aromatic N) is 4. The smallest absolute Gasteiger partial charge is 0.303 e. The SMILES string of the molecule is CCO/N=C(\CCC(=O)O)c1nc2ccccc2n([C@H]2C[C@H]3CCC[C@@H](C2)N3C2CCCCC2)c1=O. The van der Waals surface area contributed by atoms with E-state index in [0.717, 1.165) is 23.9 Å². The fraction of sp³-hybridized carbons (Fsp3) is 0.643. The molecule has 3 aliphatic rings. The molecule has 0 spiro atoms. The van der Waals surface area contributed by atoms with Gasteiger partial charge in [-0.3, -0.25) is 14.5 Å². The van der Waals surface area contributed by atoms with E-state index >= 15 is 0 Å². The van der Waals surface area contributed by atoms with Crippen molar-refractivity contribution in [3.63, 3.8) is 0 Å². The van der Waals surface area contributed by atoms with Crippen LogP contribution in [0.3, 0.4) is 0 Å². The molecule has 2 saturated heterocycles. The van der Waals surface area contributed by atoms with Crippen LogP contribution in [0.1, 0.15) is 95.7 Å². The van der Waals surface area contributed by atoms with Crippen molar-refractivity contribution in [2.75, 3.05) is 6.61 Å². The van der Waals surface area contributed by atoms with Gasteiger partial charge in [0.15, 0.2) is 5.69 Å². The van der Waals surface area contributed by atoms with Crippen LogP contribution in [-0.2, 0) is 9.63 Å². The molecule has 5 rings (SSSR count). The zero-order chi connectivity index (χ0) is 25.1. The minimum Gasteiger partial charge on any atom is -0.481 e. The summed E-state index contributed by atoms with van der Waals surface area (Å²) in [5.74, 6) is -0.941. The number of carbonyl (C=O) groups is 1. The zero-order valence-corrected chi connectivity index (χ0v) is 21.3. The summed E-state index contributed by atoms with van der Waals surface area (Å²) in [5, 5.41) is 13.4. The number of benzene rings is 1. The second-order valence-electron chi connectivity index (χ2n) is 10.6. The van der Waals surface area contributed by atoms with Crippen LogP contribution >= 0.6 is 0 Å². The van der Waals surface area contributed by atoms with Gasteiger partial charge in [0.1, 0.15) is 12.3 Å². The molecule has 1 aromatic heterocycles. The molecule has 3 heterocycles. The van der Waals surface area contributed by atoms with E-state index in [2.05, 4.69) is 15.0 Å². The van der Waals surface area contributed by atoms with Crippen LogP contribution in [0.2, 0.25) is 0 Å². The molecule has 2 aliphatic heterocycles. The molecule has 2 bridgehead atoms. The number of oxime groups is 1. The number of aromatic nitrogens is 2. The lowest BCUT2D eigenvalue weighted by molar-refractivity contribution is -0.136. The van der Waals surface area contributed by atoms with Crippen LogP contribution in [0.4, 0.5) is 0 Å². The van der Waals surface area contributed by atoms with Gasteiger partial charge in [-0.15, -0.1) is 0 Å². The Morgan fingerprint density at radius 1 is 1.00 bits per heavy atom. The third-order valence-corrected chi connectivity index (χ3v) is 8.32. The van der Waals surface area contributed by atoms with Crippen molar-refractivity contribution >= 4 is 22.7 Å². The van der Waals surface area contributed by atoms with Crippen molar-refractivity contribution in [2.45, 2.75) is 108 Å². The summed E-state index contributed by atoms with van der Waals surface area (Å²) in [6.45, 7) is 2.14. The Hall–Kier alpha value is -2.74. The molecule has 1 N–H and O–H groups in total. The van der Waals surface area contributed by atoms with Crippen molar-refractivity contribution in [2.24, 2.45) is 5.16 Å². The minimum atomic E-state index is -0.941. The van der Waals surface area contributed by atoms with Gasteiger partial charge >= 0.3 is 5.97 Å². The summed E-state index contributed by atoms with van der Waals surface area (Å²) in [4.78, 5) is 38.1. The molecule has 8 heteroatoms. The average Bonchev–Trinajstić information content (AvgIpc) is 2.88. The lowest BCUT2D eigenvalue weighted by atomic mass is 9.78. The lowest BCUT2D eigenvalue weighted by Gasteiger charge is -2.53. The molecule has 3 atom stereocenters. The number of carboxylic acid groups (broad SMARTS) is 1. The Labute approximate surface area is 212 Å². The van der Waals surface area contributed by atoms with E-state index in [1.807, 2.05) is 35.8 Å². The highest BCUT2D eigenvalue weighted by atomic mass is 16.6. The average molecular weight is 495 g/mol. The number of piperidine rings is 2. The molecule has 0 radical (unpaired) electrons. The normalized spacial score (nSPS) is 25.7. The number of hydrogen-bond acceptors (Lipinski definition) is 6. The topological polar surface area (TPSA) is 97.0 Å². The molecule has 0 unspecified atom stereocenters. The van der Waals surface area contributed by atoms with Gasteiger partial charge in [0.25, 0.3) is 5.56 Å². The Morgan fingerprint density at radius 3 is 2.39 bits per heavy atom. The Bertz CT molecular complexity index is 1160. The van der Waals surface area contributed by atoms with Crippen molar-refractivity contribution in [3.8, 4) is 0 Å². The molecule has 8 nitrogen and oxygen atoms in total. The monoisotopic (exact) mass is 494 g/mol. The maximum atomic E-state index is 14.0. The summed E-state index contributed by atoms with van der Waals surface area (Å²) in [6, 6.07) is 9.58. The summed E-state index contributed by atoms with van der Waals surface area (Å²) in [5.41, 5.74) is 1.90. The standard InChI is InChI=1S/C28H38N4O4/c1-2-36-30-24(15-16-26(33)34)27-28(35)32(25-14-7-6-13-23(25)29-27)22-17-20-11-8-12-21(18-22)31(20)19-9-4-3-5-10-19/h6-7,13-14,19-22H,2-5,8-12,15-18H2,1H3,(H,33,34)/b30-24+/t20-,21+,22+. The third kappa shape index (κ3) is 5.05. The first-order chi connectivity index (χ1) is 17.6. The first-order valence-electron chi connectivity index (χ1n) is 13.8. The van der Waals surface area contributed by atoms with E-state index in [1.54, 1.807) is 0 Å². The molecule has 2 aromatic rings. The predicted octanol–water partition coefficient (Wildman–Crippen LogP) is 4.89. The Kier molecular flexibility index (Phi) is 7.70. The van der Waals surface area contributed by atoms with Gasteiger partial charge in [-0.25, -0.2) is 4.98 Å². The highest BCUT2D eigenvalue weighted by molar-refractivity contribution is 6.00. The minimum absolute atomic E-state index is 0.0899. The second kappa shape index (κ2) is 11.1. The van der Waals surface area contributed by atoms with Crippen LogP contribution in [0.5, 0.6) is 0 Å². The fourth-order valence-electron chi connectivity index (χ4n) is 6.85. The van der Waals surface area contributed by atoms with Gasteiger partial charge in [0.05, 0.1) is 17.5 Å². The fourth-order valence-corrected chi connectivity index (χ4v) is 6.85. The van der Waals surface area contributed by atoms with Crippen LogP contribution in [0, 0.1) is 0 Å². The van der Waals surface area contributed by atoms with Gasteiger partial charge in [-0.1, -0.05) is 43.0 Å². The van der Waals surface area contributed by atoms with E-state index in [-0.39, 0.29) is 30.1 Å². The maximum Gasteiger partial charge on any atom is 0.303 e. The molecule has 1 aromatic carbocycles. The maximum absolute atomic E-state index is 14.0. The van der Waals surface area contributed by atoms with E-state index in [9.17, 15) is 14.7 Å². The number of fused-ring (bicyclic) bond motifs is 3. The molecule has 36 heavy (non-hydrogen) atoms. The molecular formula is C28H38N4O4. The summed E-state index contributed by atoms with van der Waals surface area (Å²) < 4.78 is 1.95. The molecule has 0 amide bonds. The van der Waals surface area contributed by atoms with Crippen molar-refractivity contribution in [1.29, 1.82) is 0 Å². The molecular weight excluding hydrogens is 456 g/mol. The summed E-state index contributed by atoms with van der Waals surface area (Å²) in [7, 11) is 0. The first-order valence-corrected chi connectivity index (χ1v) is 13.8. The van der Waals surface area contributed by atoms with Crippen LogP contribution in [-0.4, -0.2) is 56.0 Å². The number of hydrogen-bond donors (Lipinski definition) is 1. The van der Waals surface area contributed by atoms with Gasteiger partial charge in [0.2, 0.25) is 0 Å². The zero-order valence-electron chi connectivity index (χ0n) is 21.3. The third-order valence-electron chi connectivity index (χ3n) is 8.32. The molecule has 1 aliphatic carbocycles. The van der Waals surface area contributed by atoms with E-state index in [1.165, 1.54) is 51.4 Å². The second-order valence-corrected chi connectivity index (χ2v) is 10.6. The number of para-hydroxylation sites is 2. The van der Waals surface area contributed by atoms with Crippen molar-refractivity contribution in [3.05, 3.63) is 40.3 Å². The number of rotatable bonds is 8. The Morgan fingerprint density at radius 2 is 1.69 bits per heavy atom. The van der Waals surface area contributed by atoms with E-state index in [0.29, 0.717) is 30.4 Å². The van der Waals surface area contributed by atoms with Crippen LogP contribution in [0.25, 0.3) is 11.0 Å². The first kappa shape index (κ1) is 24.9. The van der Waals surface area contributed by atoms with Crippen molar-refractivity contribution < 1.29 is 14.7 Å². The molecule has 3 fully saturated rings. The van der Waals surface area contributed by atoms with Gasteiger partial charge in [0, 0.05) is 30.6 Å². The largest absolute Gasteiger partial charge is 0.481 e. The van der Waals surface area contributed by atoms with E-state index in [4.69, 9.17) is 4.84 Å². The van der Waals surface area contributed by atoms with Gasteiger partial charge < -0.3 is 14.5 Å². The quantitative estimate of drug-likeness (QED) is 0.414. The van der Waals surface area contributed by atoms with Gasteiger partial charge in [-0.2, -0.15) is 0 Å². The highest BCUT2D eigenvalue weighted by Crippen LogP contribution is 2.43. The number of aliphatic carboxylic acids is 1. The lowest BCUT2D eigenvalue weighted by Crippen LogP contribution is -2.57.